The highest BCUT2D eigenvalue weighted by Gasteiger charge is 2.35. The van der Waals surface area contributed by atoms with Crippen molar-refractivity contribution in [1.82, 2.24) is 15.0 Å². The molecule has 1 fully saturated rings. The number of hydrogen-bond donors (Lipinski definition) is 2. The zero-order chi connectivity index (χ0) is 12.8. The van der Waals surface area contributed by atoms with Crippen LogP contribution >= 0.6 is 0 Å². The first kappa shape index (κ1) is 11.2. The lowest BCUT2D eigenvalue weighted by molar-refractivity contribution is 0.0102. The molecule has 2 aromatic rings. The lowest BCUT2D eigenvalue weighted by Gasteiger charge is -2.19. The second kappa shape index (κ2) is 3.78. The molecule has 1 saturated heterocycles. The third-order valence-electron chi connectivity index (χ3n) is 3.34. The summed E-state index contributed by atoms with van der Waals surface area (Å²) in [4.78, 5) is 22.6. The molecule has 0 radical (unpaired) electrons. The molecule has 1 atom stereocenters. The number of aromatic nitrogens is 3. The summed E-state index contributed by atoms with van der Waals surface area (Å²) >= 11 is 0. The number of nitrogens with one attached hydrogen (secondary N) is 1. The Morgan fingerprint density at radius 1 is 1.61 bits per heavy atom. The standard InChI is InChI=1S/C12H13N3O3/c1-12(4-2-6-18-12)11-14-8-7(10(16)17)3-5-13-9(8)15-11/h3,5H,2,4,6H2,1H3,(H,16,17)(H,13,14,15). The topological polar surface area (TPSA) is 88.1 Å². The van der Waals surface area contributed by atoms with Gasteiger partial charge in [-0.2, -0.15) is 0 Å². The number of carbonyl (C=O) groups is 1. The Labute approximate surface area is 103 Å². The van der Waals surface area contributed by atoms with Gasteiger partial charge in [-0.1, -0.05) is 0 Å². The molecule has 1 unspecified atom stereocenters. The molecule has 0 aliphatic carbocycles. The third kappa shape index (κ3) is 1.57. The zero-order valence-electron chi connectivity index (χ0n) is 9.93. The minimum atomic E-state index is -0.991. The van der Waals surface area contributed by atoms with Crippen molar-refractivity contribution in [2.45, 2.75) is 25.4 Å². The summed E-state index contributed by atoms with van der Waals surface area (Å²) in [5.74, 6) is -0.341. The molecule has 0 bridgehead atoms. The van der Waals surface area contributed by atoms with Crippen molar-refractivity contribution in [2.75, 3.05) is 6.61 Å². The molecule has 0 saturated carbocycles. The SMILES string of the molecule is CC1(c2nc3nccc(C(=O)O)c3[nH]2)CCCO1. The summed E-state index contributed by atoms with van der Waals surface area (Å²) in [5, 5.41) is 9.11. The van der Waals surface area contributed by atoms with Gasteiger partial charge in [0.05, 0.1) is 11.1 Å². The number of ether oxygens (including phenoxy) is 1. The molecule has 0 amide bonds. The number of rotatable bonds is 2. The fraction of sp³-hybridized carbons (Fsp3) is 0.417. The first-order valence-corrected chi connectivity index (χ1v) is 5.83. The normalized spacial score (nSPS) is 23.6. The molecule has 0 aromatic carbocycles. The van der Waals surface area contributed by atoms with Crippen LogP contribution in [0.15, 0.2) is 12.3 Å². The fourth-order valence-electron chi connectivity index (χ4n) is 2.31. The Morgan fingerprint density at radius 3 is 3.11 bits per heavy atom. The fourth-order valence-corrected chi connectivity index (χ4v) is 2.31. The maximum atomic E-state index is 11.1. The van der Waals surface area contributed by atoms with Gasteiger partial charge in [0, 0.05) is 12.8 Å². The van der Waals surface area contributed by atoms with Crippen LogP contribution in [0.1, 0.15) is 35.9 Å². The molecule has 1 aliphatic heterocycles. The van der Waals surface area contributed by atoms with E-state index >= 15 is 0 Å². The van der Waals surface area contributed by atoms with Gasteiger partial charge in [0.1, 0.15) is 11.4 Å². The zero-order valence-corrected chi connectivity index (χ0v) is 9.93. The van der Waals surface area contributed by atoms with Crippen LogP contribution in [0.4, 0.5) is 0 Å². The molecule has 18 heavy (non-hydrogen) atoms. The summed E-state index contributed by atoms with van der Waals surface area (Å²) in [7, 11) is 0. The van der Waals surface area contributed by atoms with Gasteiger partial charge in [0.25, 0.3) is 0 Å². The van der Waals surface area contributed by atoms with E-state index in [0.29, 0.717) is 23.6 Å². The van der Waals surface area contributed by atoms with Crippen LogP contribution in [0.3, 0.4) is 0 Å². The number of aromatic amines is 1. The van der Waals surface area contributed by atoms with E-state index in [0.717, 1.165) is 12.8 Å². The Morgan fingerprint density at radius 2 is 2.44 bits per heavy atom. The average molecular weight is 247 g/mol. The quantitative estimate of drug-likeness (QED) is 0.842. The van der Waals surface area contributed by atoms with E-state index in [1.807, 2.05) is 6.92 Å². The van der Waals surface area contributed by atoms with E-state index < -0.39 is 11.6 Å². The van der Waals surface area contributed by atoms with Crippen LogP contribution in [0.25, 0.3) is 11.2 Å². The molecular weight excluding hydrogens is 234 g/mol. The highest BCUT2D eigenvalue weighted by molar-refractivity contribution is 5.99. The number of hydrogen-bond acceptors (Lipinski definition) is 4. The number of nitrogens with zero attached hydrogens (tertiary/aromatic N) is 2. The number of fused-ring (bicyclic) bond motifs is 1. The molecular formula is C12H13N3O3. The monoisotopic (exact) mass is 247 g/mol. The van der Waals surface area contributed by atoms with Gasteiger partial charge >= 0.3 is 5.97 Å². The minimum absolute atomic E-state index is 0.181. The maximum Gasteiger partial charge on any atom is 0.338 e. The molecule has 2 aromatic heterocycles. The minimum Gasteiger partial charge on any atom is -0.478 e. The van der Waals surface area contributed by atoms with Crippen LogP contribution in [-0.4, -0.2) is 32.6 Å². The summed E-state index contributed by atoms with van der Waals surface area (Å²) < 4.78 is 5.69. The largest absolute Gasteiger partial charge is 0.478 e. The van der Waals surface area contributed by atoms with Gasteiger partial charge in [-0.25, -0.2) is 14.8 Å². The van der Waals surface area contributed by atoms with Crippen LogP contribution in [0.5, 0.6) is 0 Å². The molecule has 1 aliphatic rings. The van der Waals surface area contributed by atoms with E-state index in [1.54, 1.807) is 0 Å². The summed E-state index contributed by atoms with van der Waals surface area (Å²) in [6.07, 6.45) is 3.30. The average Bonchev–Trinajstić information content (AvgIpc) is 2.94. The summed E-state index contributed by atoms with van der Waals surface area (Å²) in [5.41, 5.74) is 0.593. The first-order valence-electron chi connectivity index (χ1n) is 5.83. The molecule has 0 spiro atoms. The van der Waals surface area contributed by atoms with E-state index in [-0.39, 0.29) is 5.56 Å². The van der Waals surface area contributed by atoms with E-state index in [9.17, 15) is 4.79 Å². The number of imidazole rings is 1. The summed E-state index contributed by atoms with van der Waals surface area (Å²) in [6.45, 7) is 2.66. The number of pyridine rings is 1. The van der Waals surface area contributed by atoms with Crippen molar-refractivity contribution in [1.29, 1.82) is 0 Å². The number of aromatic carboxylic acids is 1. The van der Waals surface area contributed by atoms with Crippen molar-refractivity contribution in [3.63, 3.8) is 0 Å². The van der Waals surface area contributed by atoms with Crippen LogP contribution in [0.2, 0.25) is 0 Å². The molecule has 6 heteroatoms. The lowest BCUT2D eigenvalue weighted by atomic mass is 10.0. The van der Waals surface area contributed by atoms with Crippen LogP contribution in [-0.2, 0) is 10.3 Å². The third-order valence-corrected chi connectivity index (χ3v) is 3.34. The summed E-state index contributed by atoms with van der Waals surface area (Å²) in [6, 6.07) is 1.46. The van der Waals surface area contributed by atoms with E-state index in [2.05, 4.69) is 15.0 Å². The smallest absolute Gasteiger partial charge is 0.338 e. The molecule has 3 heterocycles. The van der Waals surface area contributed by atoms with Crippen LogP contribution < -0.4 is 0 Å². The Kier molecular flexibility index (Phi) is 2.34. The van der Waals surface area contributed by atoms with Gasteiger partial charge in [-0.15, -0.1) is 0 Å². The van der Waals surface area contributed by atoms with Crippen molar-refractivity contribution < 1.29 is 14.6 Å². The predicted molar refractivity (Wildman–Crippen MR) is 63.4 cm³/mol. The number of carboxylic acids is 1. The van der Waals surface area contributed by atoms with E-state index in [4.69, 9.17) is 9.84 Å². The maximum absolute atomic E-state index is 11.1. The molecule has 6 nitrogen and oxygen atoms in total. The number of carboxylic acid groups (broad SMARTS) is 1. The molecule has 2 N–H and O–H groups in total. The Hall–Kier alpha value is -1.95. The van der Waals surface area contributed by atoms with Gasteiger partial charge in [-0.3, -0.25) is 0 Å². The second-order valence-corrected chi connectivity index (χ2v) is 4.63. The molecule has 94 valence electrons. The van der Waals surface area contributed by atoms with Crippen molar-refractivity contribution in [3.8, 4) is 0 Å². The first-order chi connectivity index (χ1) is 8.60. The van der Waals surface area contributed by atoms with Gasteiger partial charge in [-0.05, 0) is 25.8 Å². The van der Waals surface area contributed by atoms with E-state index in [1.165, 1.54) is 12.3 Å². The molecule has 3 rings (SSSR count). The highest BCUT2D eigenvalue weighted by Crippen LogP contribution is 2.34. The lowest BCUT2D eigenvalue weighted by Crippen LogP contribution is -2.21. The van der Waals surface area contributed by atoms with Crippen molar-refractivity contribution >= 4 is 17.1 Å². The van der Waals surface area contributed by atoms with Crippen LogP contribution in [0, 0.1) is 0 Å². The van der Waals surface area contributed by atoms with Gasteiger partial charge in [0.15, 0.2) is 5.65 Å². The highest BCUT2D eigenvalue weighted by atomic mass is 16.5. The van der Waals surface area contributed by atoms with Gasteiger partial charge < -0.3 is 14.8 Å². The second-order valence-electron chi connectivity index (χ2n) is 4.63. The Balaban J connectivity index is 2.16. The Bertz CT molecular complexity index is 614. The number of H-pyrrole nitrogens is 1. The van der Waals surface area contributed by atoms with Crippen molar-refractivity contribution in [2.24, 2.45) is 0 Å². The van der Waals surface area contributed by atoms with Gasteiger partial charge in [0.2, 0.25) is 0 Å². The predicted octanol–water partition coefficient (Wildman–Crippen LogP) is 1.68. The van der Waals surface area contributed by atoms with Crippen molar-refractivity contribution in [3.05, 3.63) is 23.7 Å².